The van der Waals surface area contributed by atoms with Gasteiger partial charge in [-0.1, -0.05) is 6.07 Å². The number of carbonyl (C=O) groups excluding carboxylic acids is 1. The van der Waals surface area contributed by atoms with E-state index in [1.54, 1.807) is 6.92 Å². The van der Waals surface area contributed by atoms with Crippen LogP contribution in [0, 0.1) is 19.7 Å². The van der Waals surface area contributed by atoms with Crippen LogP contribution in [0.2, 0.25) is 0 Å². The molecule has 0 aliphatic rings. The van der Waals surface area contributed by atoms with Gasteiger partial charge in [-0.3, -0.25) is 4.98 Å². The lowest BCUT2D eigenvalue weighted by molar-refractivity contribution is 0.251. The third-order valence-electron chi connectivity index (χ3n) is 2.81. The molecular weight excluding hydrogens is 257 g/mol. The lowest BCUT2D eigenvalue weighted by Gasteiger charge is -2.10. The Kier molecular flexibility index (Phi) is 4.30. The number of nitrogens with zero attached hydrogens (tertiary/aromatic N) is 1. The molecule has 0 unspecified atom stereocenters. The van der Waals surface area contributed by atoms with Gasteiger partial charge in [-0.2, -0.15) is 0 Å². The lowest BCUT2D eigenvalue weighted by Crippen LogP contribution is -2.28. The molecule has 2 aromatic rings. The molecule has 1 aromatic carbocycles. The highest BCUT2D eigenvalue weighted by Gasteiger charge is 2.05. The summed E-state index contributed by atoms with van der Waals surface area (Å²) in [6, 6.07) is 9.50. The second-order valence-electron chi connectivity index (χ2n) is 4.54. The number of amides is 2. The van der Waals surface area contributed by atoms with E-state index in [0.29, 0.717) is 17.8 Å². The first-order chi connectivity index (χ1) is 9.54. The number of hydrogen-bond acceptors (Lipinski definition) is 2. The first-order valence-corrected chi connectivity index (χ1v) is 6.28. The maximum Gasteiger partial charge on any atom is 0.319 e. The van der Waals surface area contributed by atoms with E-state index in [9.17, 15) is 9.18 Å². The van der Waals surface area contributed by atoms with Crippen LogP contribution in [-0.2, 0) is 6.54 Å². The zero-order valence-corrected chi connectivity index (χ0v) is 11.4. The van der Waals surface area contributed by atoms with E-state index in [1.165, 1.54) is 18.2 Å². The van der Waals surface area contributed by atoms with Crippen LogP contribution < -0.4 is 10.6 Å². The average Bonchev–Trinajstić information content (AvgIpc) is 2.40. The summed E-state index contributed by atoms with van der Waals surface area (Å²) < 4.78 is 13.0. The largest absolute Gasteiger partial charge is 0.332 e. The SMILES string of the molecule is Cc1cccc(CNC(=O)Nc2ccc(F)cc2C)n1. The smallest absolute Gasteiger partial charge is 0.319 e. The topological polar surface area (TPSA) is 54.0 Å². The fourth-order valence-electron chi connectivity index (χ4n) is 1.80. The Balaban J connectivity index is 1.92. The first kappa shape index (κ1) is 14.0. The molecule has 0 atom stereocenters. The van der Waals surface area contributed by atoms with E-state index in [4.69, 9.17) is 0 Å². The number of carbonyl (C=O) groups is 1. The number of halogens is 1. The van der Waals surface area contributed by atoms with Gasteiger partial charge >= 0.3 is 6.03 Å². The van der Waals surface area contributed by atoms with Gasteiger partial charge in [0.1, 0.15) is 5.82 Å². The van der Waals surface area contributed by atoms with Gasteiger partial charge in [0.25, 0.3) is 0 Å². The van der Waals surface area contributed by atoms with Gasteiger partial charge in [0.05, 0.1) is 12.2 Å². The van der Waals surface area contributed by atoms with Gasteiger partial charge in [-0.05, 0) is 49.7 Å². The number of aromatic nitrogens is 1. The Labute approximate surface area is 117 Å². The normalized spacial score (nSPS) is 10.2. The van der Waals surface area contributed by atoms with Crippen molar-refractivity contribution in [3.63, 3.8) is 0 Å². The van der Waals surface area contributed by atoms with Crippen LogP contribution >= 0.6 is 0 Å². The number of benzene rings is 1. The summed E-state index contributed by atoms with van der Waals surface area (Å²) in [6.45, 7) is 3.97. The standard InChI is InChI=1S/C15H16FN3O/c1-10-8-12(16)6-7-14(10)19-15(20)17-9-13-5-3-4-11(2)18-13/h3-8H,9H2,1-2H3,(H2,17,19,20). The van der Waals surface area contributed by atoms with Crippen molar-refractivity contribution in [2.24, 2.45) is 0 Å². The number of pyridine rings is 1. The zero-order chi connectivity index (χ0) is 14.5. The lowest BCUT2D eigenvalue weighted by atomic mass is 10.2. The highest BCUT2D eigenvalue weighted by atomic mass is 19.1. The number of hydrogen-bond donors (Lipinski definition) is 2. The minimum atomic E-state index is -0.344. The number of aryl methyl sites for hydroxylation is 2. The Hall–Kier alpha value is -2.43. The maximum atomic E-state index is 13.0. The number of rotatable bonds is 3. The Morgan fingerprint density at radius 2 is 2.05 bits per heavy atom. The molecule has 0 fully saturated rings. The van der Waals surface area contributed by atoms with Gasteiger partial charge in [0.15, 0.2) is 0 Å². The fraction of sp³-hybridized carbons (Fsp3) is 0.200. The van der Waals surface area contributed by atoms with Crippen molar-refractivity contribution < 1.29 is 9.18 Å². The summed E-state index contributed by atoms with van der Waals surface area (Å²) in [4.78, 5) is 16.1. The molecule has 0 saturated heterocycles. The Bertz CT molecular complexity index is 628. The van der Waals surface area contributed by atoms with Gasteiger partial charge < -0.3 is 10.6 Å². The molecular formula is C15H16FN3O. The molecule has 0 saturated carbocycles. The van der Waals surface area contributed by atoms with Crippen molar-refractivity contribution in [3.8, 4) is 0 Å². The quantitative estimate of drug-likeness (QED) is 0.902. The fourth-order valence-corrected chi connectivity index (χ4v) is 1.80. The predicted molar refractivity (Wildman–Crippen MR) is 76.0 cm³/mol. The molecule has 20 heavy (non-hydrogen) atoms. The van der Waals surface area contributed by atoms with E-state index in [0.717, 1.165) is 11.4 Å². The summed E-state index contributed by atoms with van der Waals surface area (Å²) in [6.07, 6.45) is 0. The van der Waals surface area contributed by atoms with E-state index in [2.05, 4.69) is 15.6 Å². The van der Waals surface area contributed by atoms with Gasteiger partial charge in [-0.25, -0.2) is 9.18 Å². The first-order valence-electron chi connectivity index (χ1n) is 6.28. The molecule has 104 valence electrons. The molecule has 0 aliphatic heterocycles. The zero-order valence-electron chi connectivity index (χ0n) is 11.4. The van der Waals surface area contributed by atoms with E-state index < -0.39 is 0 Å². The van der Waals surface area contributed by atoms with Gasteiger partial charge in [0.2, 0.25) is 0 Å². The minimum Gasteiger partial charge on any atom is -0.332 e. The molecule has 1 heterocycles. The highest BCUT2D eigenvalue weighted by Crippen LogP contribution is 2.15. The summed E-state index contributed by atoms with van der Waals surface area (Å²) in [7, 11) is 0. The molecule has 2 amide bonds. The van der Waals surface area contributed by atoms with E-state index in [1.807, 2.05) is 25.1 Å². The van der Waals surface area contributed by atoms with Crippen molar-refractivity contribution in [1.29, 1.82) is 0 Å². The van der Waals surface area contributed by atoms with Crippen molar-refractivity contribution >= 4 is 11.7 Å². The van der Waals surface area contributed by atoms with Crippen molar-refractivity contribution in [1.82, 2.24) is 10.3 Å². The van der Waals surface area contributed by atoms with Crippen LogP contribution in [0.5, 0.6) is 0 Å². The van der Waals surface area contributed by atoms with Crippen LogP contribution in [0.1, 0.15) is 17.0 Å². The van der Waals surface area contributed by atoms with Crippen LogP contribution in [0.15, 0.2) is 36.4 Å². The Morgan fingerprint density at radius 3 is 2.75 bits per heavy atom. The monoisotopic (exact) mass is 273 g/mol. The molecule has 4 nitrogen and oxygen atoms in total. The molecule has 0 radical (unpaired) electrons. The highest BCUT2D eigenvalue weighted by molar-refractivity contribution is 5.89. The molecule has 5 heteroatoms. The molecule has 1 aromatic heterocycles. The maximum absolute atomic E-state index is 13.0. The molecule has 0 bridgehead atoms. The molecule has 0 aliphatic carbocycles. The number of nitrogens with one attached hydrogen (secondary N) is 2. The van der Waals surface area contributed by atoms with Gasteiger partial charge in [-0.15, -0.1) is 0 Å². The van der Waals surface area contributed by atoms with Crippen molar-refractivity contribution in [3.05, 3.63) is 59.2 Å². The number of urea groups is 1. The van der Waals surface area contributed by atoms with Crippen LogP contribution in [0.25, 0.3) is 0 Å². The molecule has 2 rings (SSSR count). The van der Waals surface area contributed by atoms with E-state index >= 15 is 0 Å². The second kappa shape index (κ2) is 6.14. The predicted octanol–water partition coefficient (Wildman–Crippen LogP) is 3.16. The third kappa shape index (κ3) is 3.78. The Morgan fingerprint density at radius 1 is 1.25 bits per heavy atom. The summed E-state index contributed by atoms with van der Waals surface area (Å²) in [5, 5.41) is 5.39. The average molecular weight is 273 g/mol. The van der Waals surface area contributed by atoms with Crippen LogP contribution in [0.4, 0.5) is 14.9 Å². The molecule has 2 N–H and O–H groups in total. The second-order valence-corrected chi connectivity index (χ2v) is 4.54. The van der Waals surface area contributed by atoms with Crippen molar-refractivity contribution in [2.75, 3.05) is 5.32 Å². The third-order valence-corrected chi connectivity index (χ3v) is 2.81. The van der Waals surface area contributed by atoms with Gasteiger partial charge in [0, 0.05) is 11.4 Å². The summed E-state index contributed by atoms with van der Waals surface area (Å²) >= 11 is 0. The van der Waals surface area contributed by atoms with Crippen molar-refractivity contribution in [2.45, 2.75) is 20.4 Å². The minimum absolute atomic E-state index is 0.322. The summed E-state index contributed by atoms with van der Waals surface area (Å²) in [5.74, 6) is -0.322. The molecule has 0 spiro atoms. The van der Waals surface area contributed by atoms with E-state index in [-0.39, 0.29) is 11.8 Å². The number of anilines is 1. The van der Waals surface area contributed by atoms with Crippen LogP contribution in [-0.4, -0.2) is 11.0 Å². The van der Waals surface area contributed by atoms with Crippen LogP contribution in [0.3, 0.4) is 0 Å². The summed E-state index contributed by atoms with van der Waals surface area (Å²) in [5.41, 5.74) is 2.95.